The highest BCUT2D eigenvalue weighted by atomic mass is 16.5. The molecule has 0 amide bonds. The molecule has 0 saturated heterocycles. The van der Waals surface area contributed by atoms with Crippen molar-refractivity contribution in [3.05, 3.63) is 17.5 Å². The maximum absolute atomic E-state index is 5.46. The molecule has 0 unspecified atom stereocenters. The first-order valence-electron chi connectivity index (χ1n) is 7.52. The Balaban J connectivity index is 1.97. The van der Waals surface area contributed by atoms with Gasteiger partial charge in [0.15, 0.2) is 5.76 Å². The Bertz CT molecular complexity index is 369. The molecular weight excluding hydrogens is 238 g/mol. The number of hydrogen-bond acceptors (Lipinski definition) is 4. The Labute approximate surface area is 116 Å². The molecule has 4 nitrogen and oxygen atoms in total. The van der Waals surface area contributed by atoms with E-state index in [1.54, 1.807) is 0 Å². The van der Waals surface area contributed by atoms with Crippen molar-refractivity contribution in [1.29, 1.82) is 0 Å². The van der Waals surface area contributed by atoms with Crippen molar-refractivity contribution in [1.82, 2.24) is 15.4 Å². The van der Waals surface area contributed by atoms with Gasteiger partial charge in [0.05, 0.1) is 12.2 Å². The first kappa shape index (κ1) is 14.5. The molecule has 0 spiro atoms. The highest BCUT2D eigenvalue weighted by Crippen LogP contribution is 2.25. The maximum Gasteiger partial charge on any atom is 0.151 e. The minimum atomic E-state index is 0.695. The fraction of sp³-hybridized carbons (Fsp3) is 0.800. The van der Waals surface area contributed by atoms with E-state index >= 15 is 0 Å². The van der Waals surface area contributed by atoms with Crippen LogP contribution in [0.1, 0.15) is 51.0 Å². The molecule has 0 bridgehead atoms. The van der Waals surface area contributed by atoms with E-state index in [1.807, 2.05) is 7.05 Å². The van der Waals surface area contributed by atoms with Gasteiger partial charge in [-0.05, 0) is 25.8 Å². The number of rotatable bonds is 7. The second kappa shape index (κ2) is 7.06. The lowest BCUT2D eigenvalue weighted by Gasteiger charge is -2.29. The molecule has 1 aliphatic carbocycles. The van der Waals surface area contributed by atoms with Crippen LogP contribution in [0.4, 0.5) is 0 Å². The number of nitrogens with one attached hydrogen (secondary N) is 1. The second-order valence-electron chi connectivity index (χ2n) is 6.08. The van der Waals surface area contributed by atoms with Gasteiger partial charge in [0.1, 0.15) is 0 Å². The lowest BCUT2D eigenvalue weighted by Crippen LogP contribution is -2.35. The quantitative estimate of drug-likeness (QED) is 0.823. The smallest absolute Gasteiger partial charge is 0.151 e. The fourth-order valence-electron chi connectivity index (χ4n) is 2.98. The van der Waals surface area contributed by atoms with Crippen LogP contribution in [-0.4, -0.2) is 29.7 Å². The summed E-state index contributed by atoms with van der Waals surface area (Å²) in [6.07, 6.45) is 5.43. The number of hydrogen-bond donors (Lipinski definition) is 1. The van der Waals surface area contributed by atoms with Crippen molar-refractivity contribution in [2.75, 3.05) is 13.6 Å². The van der Waals surface area contributed by atoms with Crippen LogP contribution in [0.15, 0.2) is 10.6 Å². The van der Waals surface area contributed by atoms with E-state index < -0.39 is 0 Å². The van der Waals surface area contributed by atoms with Crippen molar-refractivity contribution < 1.29 is 4.52 Å². The third-order valence-corrected chi connectivity index (χ3v) is 3.77. The predicted molar refractivity (Wildman–Crippen MR) is 76.8 cm³/mol. The van der Waals surface area contributed by atoms with Gasteiger partial charge in [-0.25, -0.2) is 0 Å². The van der Waals surface area contributed by atoms with Gasteiger partial charge in [0, 0.05) is 25.2 Å². The minimum Gasteiger partial charge on any atom is -0.360 e. The molecule has 1 aromatic heterocycles. The van der Waals surface area contributed by atoms with E-state index in [0.717, 1.165) is 37.1 Å². The summed E-state index contributed by atoms with van der Waals surface area (Å²) in [4.78, 5) is 2.58. The van der Waals surface area contributed by atoms with E-state index in [9.17, 15) is 0 Å². The van der Waals surface area contributed by atoms with Gasteiger partial charge in [-0.2, -0.15) is 0 Å². The van der Waals surface area contributed by atoms with Gasteiger partial charge in [-0.15, -0.1) is 0 Å². The highest BCUT2D eigenvalue weighted by molar-refractivity contribution is 5.05. The molecule has 108 valence electrons. The van der Waals surface area contributed by atoms with E-state index in [-0.39, 0.29) is 0 Å². The molecule has 1 aromatic rings. The Kier molecular flexibility index (Phi) is 5.40. The first-order chi connectivity index (χ1) is 9.19. The third kappa shape index (κ3) is 4.32. The summed E-state index contributed by atoms with van der Waals surface area (Å²) in [7, 11) is 1.93. The van der Waals surface area contributed by atoms with E-state index in [2.05, 4.69) is 35.3 Å². The van der Waals surface area contributed by atoms with Gasteiger partial charge in [-0.1, -0.05) is 31.8 Å². The summed E-state index contributed by atoms with van der Waals surface area (Å²) >= 11 is 0. The van der Waals surface area contributed by atoms with Crippen LogP contribution in [0.5, 0.6) is 0 Å². The molecule has 19 heavy (non-hydrogen) atoms. The van der Waals surface area contributed by atoms with Gasteiger partial charge in [0.25, 0.3) is 0 Å². The number of aromatic nitrogens is 1. The van der Waals surface area contributed by atoms with Crippen molar-refractivity contribution in [3.63, 3.8) is 0 Å². The third-order valence-electron chi connectivity index (χ3n) is 3.77. The second-order valence-corrected chi connectivity index (χ2v) is 6.08. The van der Waals surface area contributed by atoms with Gasteiger partial charge < -0.3 is 9.84 Å². The summed E-state index contributed by atoms with van der Waals surface area (Å²) in [6.45, 7) is 7.40. The summed E-state index contributed by atoms with van der Waals surface area (Å²) in [5.74, 6) is 1.69. The first-order valence-corrected chi connectivity index (χ1v) is 7.52. The van der Waals surface area contributed by atoms with Crippen LogP contribution in [0.3, 0.4) is 0 Å². The molecule has 0 aromatic carbocycles. The lowest BCUT2D eigenvalue weighted by atomic mass is 10.1. The molecule has 1 saturated carbocycles. The molecule has 1 fully saturated rings. The van der Waals surface area contributed by atoms with Crippen molar-refractivity contribution >= 4 is 0 Å². The van der Waals surface area contributed by atoms with Crippen LogP contribution < -0.4 is 5.32 Å². The van der Waals surface area contributed by atoms with Crippen LogP contribution in [-0.2, 0) is 13.1 Å². The van der Waals surface area contributed by atoms with Crippen LogP contribution in [0, 0.1) is 5.92 Å². The maximum atomic E-state index is 5.46. The number of nitrogens with zero attached hydrogens (tertiary/aromatic N) is 2. The van der Waals surface area contributed by atoms with E-state index in [4.69, 9.17) is 4.52 Å². The SMILES string of the molecule is CNCc1cc(CN(CC(C)C)C2CCCC2)on1. The fourth-order valence-corrected chi connectivity index (χ4v) is 2.98. The van der Waals surface area contributed by atoms with Gasteiger partial charge in [-0.3, -0.25) is 4.90 Å². The predicted octanol–water partition coefficient (Wildman–Crippen LogP) is 2.79. The lowest BCUT2D eigenvalue weighted by molar-refractivity contribution is 0.151. The zero-order valence-corrected chi connectivity index (χ0v) is 12.5. The molecule has 0 aliphatic heterocycles. The molecule has 1 aliphatic rings. The molecule has 1 N–H and O–H groups in total. The molecule has 0 atom stereocenters. The Morgan fingerprint density at radius 1 is 1.42 bits per heavy atom. The van der Waals surface area contributed by atoms with Crippen molar-refractivity contribution in [2.24, 2.45) is 5.92 Å². The standard InChI is InChI=1S/C15H27N3O/c1-12(2)10-18(14-6-4-5-7-14)11-15-8-13(9-16-3)17-19-15/h8,12,14,16H,4-7,9-11H2,1-3H3. The summed E-state index contributed by atoms with van der Waals surface area (Å²) < 4.78 is 5.46. The highest BCUT2D eigenvalue weighted by Gasteiger charge is 2.24. The van der Waals surface area contributed by atoms with E-state index in [0.29, 0.717) is 5.92 Å². The Morgan fingerprint density at radius 3 is 2.79 bits per heavy atom. The van der Waals surface area contributed by atoms with Crippen molar-refractivity contribution in [3.8, 4) is 0 Å². The van der Waals surface area contributed by atoms with Crippen LogP contribution >= 0.6 is 0 Å². The Morgan fingerprint density at radius 2 is 2.16 bits per heavy atom. The summed E-state index contributed by atoms with van der Waals surface area (Å²) in [5.41, 5.74) is 0.994. The largest absolute Gasteiger partial charge is 0.360 e. The van der Waals surface area contributed by atoms with E-state index in [1.165, 1.54) is 25.7 Å². The molecule has 0 radical (unpaired) electrons. The molecule has 2 rings (SSSR count). The van der Waals surface area contributed by atoms with Crippen LogP contribution in [0.25, 0.3) is 0 Å². The van der Waals surface area contributed by atoms with Gasteiger partial charge >= 0.3 is 0 Å². The Hall–Kier alpha value is -0.870. The molecular formula is C15H27N3O. The normalized spacial score (nSPS) is 16.9. The monoisotopic (exact) mass is 265 g/mol. The van der Waals surface area contributed by atoms with Gasteiger partial charge in [0.2, 0.25) is 0 Å². The average molecular weight is 265 g/mol. The average Bonchev–Trinajstić information content (AvgIpc) is 2.99. The molecule has 4 heteroatoms. The summed E-state index contributed by atoms with van der Waals surface area (Å²) in [5, 5.41) is 7.20. The zero-order chi connectivity index (χ0) is 13.7. The summed E-state index contributed by atoms with van der Waals surface area (Å²) in [6, 6.07) is 2.82. The molecule has 1 heterocycles. The van der Waals surface area contributed by atoms with Crippen LogP contribution in [0.2, 0.25) is 0 Å². The van der Waals surface area contributed by atoms with Crippen molar-refractivity contribution in [2.45, 2.75) is 58.7 Å². The topological polar surface area (TPSA) is 41.3 Å². The minimum absolute atomic E-state index is 0.695. The zero-order valence-electron chi connectivity index (χ0n) is 12.5.